The zero-order valence-corrected chi connectivity index (χ0v) is 18.3. The SMILES string of the molecule is O=C(NCCCCC(C(=O)N/N=C/c1cccc(F)c1)N1CCCCC1)c1ccccc1. The number of carbonyl (C=O) groups excluding carboxylic acids is 2. The average molecular weight is 439 g/mol. The third-order valence-corrected chi connectivity index (χ3v) is 5.60. The normalized spacial score (nSPS) is 15.4. The second-order valence-corrected chi connectivity index (χ2v) is 8.02. The minimum Gasteiger partial charge on any atom is -0.352 e. The number of halogens is 1. The van der Waals surface area contributed by atoms with E-state index in [0.29, 0.717) is 24.1 Å². The molecular formula is C25H31FN4O2. The third kappa shape index (κ3) is 7.57. The number of hydrogen-bond acceptors (Lipinski definition) is 4. The number of amides is 2. The van der Waals surface area contributed by atoms with E-state index in [-0.39, 0.29) is 23.7 Å². The molecule has 1 unspecified atom stereocenters. The van der Waals surface area contributed by atoms with Crippen LogP contribution < -0.4 is 10.7 Å². The number of rotatable bonds is 10. The number of piperidine rings is 1. The van der Waals surface area contributed by atoms with Gasteiger partial charge < -0.3 is 5.32 Å². The Bertz CT molecular complexity index is 898. The molecule has 2 aromatic carbocycles. The van der Waals surface area contributed by atoms with E-state index in [1.54, 1.807) is 24.3 Å². The number of unbranched alkanes of at least 4 members (excludes halogenated alkanes) is 1. The molecular weight excluding hydrogens is 407 g/mol. The summed E-state index contributed by atoms with van der Waals surface area (Å²) in [7, 11) is 0. The van der Waals surface area contributed by atoms with Gasteiger partial charge in [-0.05, 0) is 75.0 Å². The number of nitrogens with zero attached hydrogens (tertiary/aromatic N) is 2. The van der Waals surface area contributed by atoms with Crippen LogP contribution in [0, 0.1) is 5.82 Å². The molecule has 0 spiro atoms. The maximum Gasteiger partial charge on any atom is 0.257 e. The van der Waals surface area contributed by atoms with E-state index in [9.17, 15) is 14.0 Å². The maximum absolute atomic E-state index is 13.3. The van der Waals surface area contributed by atoms with Gasteiger partial charge in [-0.2, -0.15) is 5.10 Å². The Morgan fingerprint density at radius 2 is 1.81 bits per heavy atom. The van der Waals surface area contributed by atoms with Crippen molar-refractivity contribution in [3.8, 4) is 0 Å². The third-order valence-electron chi connectivity index (χ3n) is 5.60. The lowest BCUT2D eigenvalue weighted by Crippen LogP contribution is -2.47. The molecule has 32 heavy (non-hydrogen) atoms. The molecule has 6 nitrogen and oxygen atoms in total. The summed E-state index contributed by atoms with van der Waals surface area (Å²) < 4.78 is 13.3. The van der Waals surface area contributed by atoms with E-state index in [1.807, 2.05) is 18.2 Å². The van der Waals surface area contributed by atoms with Crippen LogP contribution >= 0.6 is 0 Å². The molecule has 1 aliphatic rings. The number of carbonyl (C=O) groups is 2. The van der Waals surface area contributed by atoms with Crippen molar-refractivity contribution in [2.75, 3.05) is 19.6 Å². The molecule has 1 fully saturated rings. The highest BCUT2D eigenvalue weighted by Crippen LogP contribution is 2.16. The molecule has 7 heteroatoms. The van der Waals surface area contributed by atoms with Gasteiger partial charge in [-0.25, -0.2) is 9.82 Å². The second-order valence-electron chi connectivity index (χ2n) is 8.02. The van der Waals surface area contributed by atoms with E-state index in [4.69, 9.17) is 0 Å². The maximum atomic E-state index is 13.3. The van der Waals surface area contributed by atoms with Crippen molar-refractivity contribution in [2.45, 2.75) is 44.6 Å². The highest BCUT2D eigenvalue weighted by molar-refractivity contribution is 5.94. The number of nitrogens with one attached hydrogen (secondary N) is 2. The number of benzene rings is 2. The van der Waals surface area contributed by atoms with Crippen molar-refractivity contribution in [2.24, 2.45) is 5.10 Å². The zero-order chi connectivity index (χ0) is 22.6. The fraction of sp³-hybridized carbons (Fsp3) is 0.400. The van der Waals surface area contributed by atoms with Crippen LogP contribution in [0.25, 0.3) is 0 Å². The van der Waals surface area contributed by atoms with Gasteiger partial charge in [0.25, 0.3) is 11.8 Å². The van der Waals surface area contributed by atoms with E-state index in [2.05, 4.69) is 20.7 Å². The molecule has 1 saturated heterocycles. The molecule has 0 saturated carbocycles. The number of hydrogen-bond donors (Lipinski definition) is 2. The summed E-state index contributed by atoms with van der Waals surface area (Å²) in [6.45, 7) is 2.37. The summed E-state index contributed by atoms with van der Waals surface area (Å²) >= 11 is 0. The minimum absolute atomic E-state index is 0.0809. The summed E-state index contributed by atoms with van der Waals surface area (Å²) in [5, 5.41) is 6.96. The molecule has 2 amide bonds. The van der Waals surface area contributed by atoms with Crippen molar-refractivity contribution < 1.29 is 14.0 Å². The number of hydrazone groups is 1. The van der Waals surface area contributed by atoms with Gasteiger partial charge in [-0.3, -0.25) is 14.5 Å². The largest absolute Gasteiger partial charge is 0.352 e. The van der Waals surface area contributed by atoms with Crippen LogP contribution in [-0.2, 0) is 4.79 Å². The van der Waals surface area contributed by atoms with Gasteiger partial charge in [-0.15, -0.1) is 0 Å². The first kappa shape index (κ1) is 23.6. The van der Waals surface area contributed by atoms with Crippen molar-refractivity contribution >= 4 is 18.0 Å². The van der Waals surface area contributed by atoms with E-state index < -0.39 is 0 Å². The Morgan fingerprint density at radius 3 is 2.56 bits per heavy atom. The van der Waals surface area contributed by atoms with Crippen LogP contribution in [-0.4, -0.2) is 48.6 Å². The molecule has 0 bridgehead atoms. The Hall–Kier alpha value is -3.06. The van der Waals surface area contributed by atoms with Crippen molar-refractivity contribution in [1.29, 1.82) is 0 Å². The fourth-order valence-electron chi connectivity index (χ4n) is 3.90. The Balaban J connectivity index is 1.47. The fourth-order valence-corrected chi connectivity index (χ4v) is 3.90. The van der Waals surface area contributed by atoms with Crippen LogP contribution in [0.1, 0.15) is 54.4 Å². The molecule has 1 aliphatic heterocycles. The Morgan fingerprint density at radius 1 is 1.03 bits per heavy atom. The van der Waals surface area contributed by atoms with E-state index in [1.165, 1.54) is 24.8 Å². The molecule has 0 aliphatic carbocycles. The van der Waals surface area contributed by atoms with Gasteiger partial charge >= 0.3 is 0 Å². The first-order valence-corrected chi connectivity index (χ1v) is 11.3. The Labute approximate surface area is 188 Å². The molecule has 2 N–H and O–H groups in total. The monoisotopic (exact) mass is 438 g/mol. The highest BCUT2D eigenvalue weighted by atomic mass is 19.1. The van der Waals surface area contributed by atoms with Gasteiger partial charge in [0.2, 0.25) is 0 Å². The predicted molar refractivity (Wildman–Crippen MR) is 124 cm³/mol. The van der Waals surface area contributed by atoms with Gasteiger partial charge in [-0.1, -0.05) is 36.8 Å². The van der Waals surface area contributed by atoms with Gasteiger partial charge in [0.05, 0.1) is 12.3 Å². The van der Waals surface area contributed by atoms with E-state index in [0.717, 1.165) is 38.8 Å². The van der Waals surface area contributed by atoms with Gasteiger partial charge in [0.15, 0.2) is 0 Å². The summed E-state index contributed by atoms with van der Waals surface area (Å²) in [6, 6.07) is 14.9. The van der Waals surface area contributed by atoms with E-state index >= 15 is 0 Å². The molecule has 3 rings (SSSR count). The lowest BCUT2D eigenvalue weighted by Gasteiger charge is -2.33. The molecule has 1 heterocycles. The lowest BCUT2D eigenvalue weighted by atomic mass is 10.0. The summed E-state index contributed by atoms with van der Waals surface area (Å²) in [6.07, 6.45) is 7.12. The van der Waals surface area contributed by atoms with Crippen molar-refractivity contribution in [1.82, 2.24) is 15.6 Å². The summed E-state index contributed by atoms with van der Waals surface area (Å²) in [5.41, 5.74) is 3.86. The quantitative estimate of drug-likeness (QED) is 0.337. The standard InChI is InChI=1S/C25H31FN4O2/c26-22-13-9-10-20(18-22)19-28-29-25(32)23(30-16-7-2-8-17-30)14-5-6-15-27-24(31)21-11-3-1-4-12-21/h1,3-4,9-13,18-19,23H,2,5-8,14-17H2,(H,27,31)(H,29,32)/b28-19+. The molecule has 2 aromatic rings. The molecule has 1 atom stereocenters. The highest BCUT2D eigenvalue weighted by Gasteiger charge is 2.26. The first-order valence-electron chi connectivity index (χ1n) is 11.3. The van der Waals surface area contributed by atoms with Crippen LogP contribution in [0.2, 0.25) is 0 Å². The van der Waals surface area contributed by atoms with Crippen LogP contribution in [0.4, 0.5) is 4.39 Å². The van der Waals surface area contributed by atoms with Crippen LogP contribution in [0.5, 0.6) is 0 Å². The second kappa shape index (κ2) is 12.7. The van der Waals surface area contributed by atoms with Crippen molar-refractivity contribution in [3.05, 3.63) is 71.5 Å². The minimum atomic E-state index is -0.342. The smallest absolute Gasteiger partial charge is 0.257 e. The molecule has 170 valence electrons. The predicted octanol–water partition coefficient (Wildman–Crippen LogP) is 3.73. The summed E-state index contributed by atoms with van der Waals surface area (Å²) in [5.74, 6) is -0.568. The zero-order valence-electron chi connectivity index (χ0n) is 18.3. The first-order chi connectivity index (χ1) is 15.6. The molecule has 0 aromatic heterocycles. The Kier molecular flexibility index (Phi) is 9.37. The average Bonchev–Trinajstić information content (AvgIpc) is 2.82. The lowest BCUT2D eigenvalue weighted by molar-refractivity contribution is -0.127. The van der Waals surface area contributed by atoms with Crippen LogP contribution in [0.3, 0.4) is 0 Å². The van der Waals surface area contributed by atoms with Crippen molar-refractivity contribution in [3.63, 3.8) is 0 Å². The number of likely N-dealkylation sites (tertiary alicyclic amines) is 1. The topological polar surface area (TPSA) is 73.8 Å². The van der Waals surface area contributed by atoms with Crippen LogP contribution in [0.15, 0.2) is 59.7 Å². The molecule has 0 radical (unpaired) electrons. The van der Waals surface area contributed by atoms with Gasteiger partial charge in [0, 0.05) is 12.1 Å². The summed E-state index contributed by atoms with van der Waals surface area (Å²) in [4.78, 5) is 27.2. The van der Waals surface area contributed by atoms with Gasteiger partial charge in [0.1, 0.15) is 5.82 Å².